The Morgan fingerprint density at radius 3 is 1.37 bits per heavy atom. The fourth-order valence-electron chi connectivity index (χ4n) is 5.05. The predicted octanol–water partition coefficient (Wildman–Crippen LogP) is 4.27. The van der Waals surface area contributed by atoms with Crippen molar-refractivity contribution in [3.8, 4) is 0 Å². The van der Waals surface area contributed by atoms with Crippen LogP contribution < -0.4 is 34.7 Å². The van der Waals surface area contributed by atoms with Crippen molar-refractivity contribution in [1.82, 2.24) is 4.90 Å². The third-order valence-electron chi connectivity index (χ3n) is 7.77. The number of carboxylic acids is 1. The van der Waals surface area contributed by atoms with E-state index in [2.05, 4.69) is 27.9 Å². The second-order valence-electron chi connectivity index (χ2n) is 12.0. The second kappa shape index (κ2) is 28.4. The van der Waals surface area contributed by atoms with Crippen molar-refractivity contribution < 1.29 is 48.7 Å². The summed E-state index contributed by atoms with van der Waals surface area (Å²) in [6.45, 7) is 8.05. The Bertz CT molecular complexity index is 543. The quantitative estimate of drug-likeness (QED) is 0.0835. The summed E-state index contributed by atoms with van der Waals surface area (Å²) in [5.41, 5.74) is 0. The van der Waals surface area contributed by atoms with Gasteiger partial charge in [0.05, 0.1) is 33.7 Å². The van der Waals surface area contributed by atoms with Gasteiger partial charge in [0.15, 0.2) is 0 Å². The number of nitrogens with zero attached hydrogens (tertiary/aromatic N) is 2. The van der Waals surface area contributed by atoms with Crippen LogP contribution >= 0.6 is 0 Å². The van der Waals surface area contributed by atoms with Gasteiger partial charge in [0.2, 0.25) is 5.91 Å². The molecule has 0 heterocycles. The molecular weight excluding hydrogens is 483 g/mol. The fourth-order valence-corrected chi connectivity index (χ4v) is 5.05. The molecule has 38 heavy (non-hydrogen) atoms. The van der Waals surface area contributed by atoms with Gasteiger partial charge < -0.3 is 19.3 Å². The Morgan fingerprint density at radius 1 is 0.553 bits per heavy atom. The molecule has 0 spiro atoms. The van der Waals surface area contributed by atoms with Crippen molar-refractivity contribution in [3.05, 3.63) is 0 Å². The van der Waals surface area contributed by atoms with E-state index in [9.17, 15) is 14.7 Å². The van der Waals surface area contributed by atoms with E-state index in [0.29, 0.717) is 6.54 Å². The number of amides is 1. The van der Waals surface area contributed by atoms with Crippen LogP contribution in [0.15, 0.2) is 0 Å². The first kappa shape index (κ1) is 40.0. The Balaban J connectivity index is 0. The molecule has 0 bridgehead atoms. The van der Waals surface area contributed by atoms with Crippen LogP contribution in [0, 0.1) is 0 Å². The average molecular weight is 548 g/mol. The summed E-state index contributed by atoms with van der Waals surface area (Å²) < 4.78 is 0.916. The summed E-state index contributed by atoms with van der Waals surface area (Å²) in [5, 5.41) is 10.9. The van der Waals surface area contributed by atoms with E-state index in [1.165, 1.54) is 116 Å². The van der Waals surface area contributed by atoms with Crippen LogP contribution in [0.1, 0.15) is 155 Å². The Kier molecular flexibility index (Phi) is 30.0. The smallest absolute Gasteiger partial charge is 0.550 e. The fraction of sp³-hybridized carbons (Fsp3) is 0.938. The van der Waals surface area contributed by atoms with Crippen molar-refractivity contribution in [2.75, 3.05) is 40.3 Å². The number of likely N-dealkylation sites (N-methyl/N-ethyl adjacent to an activating group) is 1. The number of carbonyl (C=O) groups is 2. The molecule has 5 nitrogen and oxygen atoms in total. The first-order valence-corrected chi connectivity index (χ1v) is 16.1. The maximum atomic E-state index is 12.7. The first-order chi connectivity index (χ1) is 17.8. The molecule has 0 saturated heterocycles. The van der Waals surface area contributed by atoms with Gasteiger partial charge in [-0.15, -0.1) is 0 Å². The van der Waals surface area contributed by atoms with Crippen LogP contribution in [0.2, 0.25) is 0 Å². The molecular formula is C32H64N2NaO3+. The molecule has 0 fully saturated rings. The molecule has 0 aromatic heterocycles. The molecule has 6 heteroatoms. The van der Waals surface area contributed by atoms with Gasteiger partial charge in [0, 0.05) is 18.9 Å². The van der Waals surface area contributed by atoms with Gasteiger partial charge in [-0.3, -0.25) is 4.79 Å². The molecule has 0 aromatic carbocycles. The van der Waals surface area contributed by atoms with E-state index in [1.54, 1.807) is 0 Å². The SMILES string of the molecule is CCCCCCCCCCCCN(CC[N+](C)(C)CCCCCCCCCCCC)C(=O)CCC(=O)[O-].[Na+]. The maximum Gasteiger partial charge on any atom is 1.00 e. The van der Waals surface area contributed by atoms with Gasteiger partial charge in [-0.1, -0.05) is 123 Å². The monoisotopic (exact) mass is 547 g/mol. The standard InChI is InChI=1S/C32H64N2O3.Na/c1-5-7-9-11-13-15-17-19-21-23-27-33(31(35)25-26-32(36)37)28-30-34(3,4)29-24-22-20-18-16-14-12-10-8-6-2;/h5-30H2,1-4H3;/q;+1. The second-order valence-corrected chi connectivity index (χ2v) is 12.0. The maximum absolute atomic E-state index is 12.7. The number of carboxylic acid groups (broad SMARTS) is 1. The van der Waals surface area contributed by atoms with E-state index in [0.717, 1.165) is 37.0 Å². The van der Waals surface area contributed by atoms with Crippen LogP contribution in [-0.2, 0) is 9.59 Å². The molecule has 0 aromatic rings. The third-order valence-corrected chi connectivity index (χ3v) is 7.77. The molecule has 0 atom stereocenters. The zero-order valence-corrected chi connectivity index (χ0v) is 28.5. The summed E-state index contributed by atoms with van der Waals surface area (Å²) in [6.07, 6.45) is 26.1. The van der Waals surface area contributed by atoms with Crippen molar-refractivity contribution >= 4 is 11.9 Å². The van der Waals surface area contributed by atoms with Crippen LogP contribution in [-0.4, -0.2) is 61.5 Å². The summed E-state index contributed by atoms with van der Waals surface area (Å²) in [7, 11) is 4.52. The van der Waals surface area contributed by atoms with E-state index < -0.39 is 5.97 Å². The molecule has 0 aliphatic carbocycles. The number of unbranched alkanes of at least 4 members (excludes halogenated alkanes) is 18. The topological polar surface area (TPSA) is 60.4 Å². The first-order valence-electron chi connectivity index (χ1n) is 16.1. The van der Waals surface area contributed by atoms with Crippen molar-refractivity contribution in [1.29, 1.82) is 0 Å². The van der Waals surface area contributed by atoms with Gasteiger partial charge in [0.1, 0.15) is 0 Å². The van der Waals surface area contributed by atoms with Crippen molar-refractivity contribution in [2.24, 2.45) is 0 Å². The summed E-state index contributed by atoms with van der Waals surface area (Å²) in [5.74, 6) is -1.16. The summed E-state index contributed by atoms with van der Waals surface area (Å²) in [6, 6.07) is 0. The van der Waals surface area contributed by atoms with Crippen molar-refractivity contribution in [2.45, 2.75) is 155 Å². The third kappa shape index (κ3) is 27.5. The minimum Gasteiger partial charge on any atom is -0.550 e. The number of hydrogen-bond acceptors (Lipinski definition) is 3. The predicted molar refractivity (Wildman–Crippen MR) is 156 cm³/mol. The Morgan fingerprint density at radius 2 is 0.947 bits per heavy atom. The zero-order chi connectivity index (χ0) is 27.6. The Hall–Kier alpha value is -0.100. The normalized spacial score (nSPS) is 11.4. The molecule has 0 saturated carbocycles. The van der Waals surface area contributed by atoms with Gasteiger partial charge >= 0.3 is 29.6 Å². The molecule has 0 N–H and O–H groups in total. The van der Waals surface area contributed by atoms with Crippen LogP contribution in [0.25, 0.3) is 0 Å². The van der Waals surface area contributed by atoms with Crippen LogP contribution in [0.3, 0.4) is 0 Å². The minimum absolute atomic E-state index is 0. The zero-order valence-electron chi connectivity index (χ0n) is 26.5. The molecule has 0 rings (SSSR count). The van der Waals surface area contributed by atoms with Gasteiger partial charge in [0.25, 0.3) is 0 Å². The van der Waals surface area contributed by atoms with E-state index >= 15 is 0 Å². The number of quaternary nitrogens is 1. The van der Waals surface area contributed by atoms with Gasteiger partial charge in [-0.05, 0) is 25.7 Å². The van der Waals surface area contributed by atoms with Crippen LogP contribution in [0.5, 0.6) is 0 Å². The van der Waals surface area contributed by atoms with Crippen molar-refractivity contribution in [3.63, 3.8) is 0 Å². The molecule has 1 amide bonds. The van der Waals surface area contributed by atoms with E-state index in [-0.39, 0.29) is 48.3 Å². The number of hydrogen-bond donors (Lipinski definition) is 0. The molecule has 220 valence electrons. The largest absolute Gasteiger partial charge is 1.00 e. The van der Waals surface area contributed by atoms with E-state index in [1.807, 2.05) is 4.90 Å². The summed E-state index contributed by atoms with van der Waals surface area (Å²) in [4.78, 5) is 25.5. The molecule has 0 unspecified atom stereocenters. The number of carbonyl (C=O) groups excluding carboxylic acids is 2. The van der Waals surface area contributed by atoms with Crippen LogP contribution in [0.4, 0.5) is 0 Å². The number of aliphatic carboxylic acids is 1. The minimum atomic E-state index is -1.13. The Labute approximate surface area is 259 Å². The average Bonchev–Trinajstić information content (AvgIpc) is 2.86. The molecule has 0 aliphatic rings. The van der Waals surface area contributed by atoms with Gasteiger partial charge in [-0.25, -0.2) is 0 Å². The van der Waals surface area contributed by atoms with Gasteiger partial charge in [-0.2, -0.15) is 0 Å². The molecule has 0 aliphatic heterocycles. The van der Waals surface area contributed by atoms with E-state index in [4.69, 9.17) is 0 Å². The summed E-state index contributed by atoms with van der Waals surface area (Å²) >= 11 is 0. The number of rotatable bonds is 28. The molecule has 0 radical (unpaired) electrons.